The van der Waals surface area contributed by atoms with Crippen molar-refractivity contribution in [2.45, 2.75) is 6.10 Å². The van der Waals surface area contributed by atoms with Crippen molar-refractivity contribution < 1.29 is 9.53 Å². The lowest BCUT2D eigenvalue weighted by atomic mass is 10.1. The van der Waals surface area contributed by atoms with Gasteiger partial charge in [0.15, 0.2) is 6.10 Å². The second-order valence-corrected chi connectivity index (χ2v) is 5.27. The van der Waals surface area contributed by atoms with Gasteiger partial charge in [-0.1, -0.05) is 30.3 Å². The summed E-state index contributed by atoms with van der Waals surface area (Å²) in [6.07, 6.45) is -0.597. The molecule has 0 aromatic heterocycles. The summed E-state index contributed by atoms with van der Waals surface area (Å²) < 4.78 is 6.41. The van der Waals surface area contributed by atoms with Gasteiger partial charge in [-0.3, -0.25) is 4.79 Å². The molecule has 98 valence electrons. The van der Waals surface area contributed by atoms with Crippen LogP contribution in [0.1, 0.15) is 11.7 Å². The third-order valence-corrected chi connectivity index (χ3v) is 3.41. The van der Waals surface area contributed by atoms with E-state index >= 15 is 0 Å². The first kappa shape index (κ1) is 14.0. The lowest BCUT2D eigenvalue weighted by molar-refractivity contribution is -0.126. The molecule has 0 heterocycles. The van der Waals surface area contributed by atoms with Gasteiger partial charge in [0.05, 0.1) is 0 Å². The number of rotatable bonds is 4. The number of methoxy groups -OCH3 is 1. The number of benzene rings is 2. The maximum atomic E-state index is 12.2. The van der Waals surface area contributed by atoms with Gasteiger partial charge in [0.2, 0.25) is 0 Å². The largest absolute Gasteiger partial charge is 0.367 e. The average molecular weight is 367 g/mol. The highest BCUT2D eigenvalue weighted by Crippen LogP contribution is 2.19. The number of anilines is 1. The number of hydrogen-bond acceptors (Lipinski definition) is 2. The Morgan fingerprint density at radius 2 is 1.74 bits per heavy atom. The van der Waals surface area contributed by atoms with Crippen molar-refractivity contribution in [2.75, 3.05) is 12.4 Å². The van der Waals surface area contributed by atoms with Crippen molar-refractivity contribution in [3.8, 4) is 0 Å². The Kier molecular flexibility index (Phi) is 4.93. The number of amides is 1. The van der Waals surface area contributed by atoms with Crippen LogP contribution in [0.15, 0.2) is 54.6 Å². The molecule has 1 amide bonds. The first-order chi connectivity index (χ1) is 9.20. The van der Waals surface area contributed by atoms with Crippen molar-refractivity contribution in [3.05, 3.63) is 63.7 Å². The maximum Gasteiger partial charge on any atom is 0.258 e. The molecule has 2 rings (SSSR count). The van der Waals surface area contributed by atoms with Gasteiger partial charge in [-0.05, 0) is 52.4 Å². The molecular formula is C15H14INO2. The zero-order chi connectivity index (χ0) is 13.7. The average Bonchev–Trinajstić information content (AvgIpc) is 2.43. The lowest BCUT2D eigenvalue weighted by Crippen LogP contribution is -2.22. The highest BCUT2D eigenvalue weighted by Gasteiger charge is 2.19. The van der Waals surface area contributed by atoms with Crippen molar-refractivity contribution in [1.82, 2.24) is 0 Å². The summed E-state index contributed by atoms with van der Waals surface area (Å²) in [4.78, 5) is 12.2. The smallest absolute Gasteiger partial charge is 0.258 e. The number of carbonyl (C=O) groups excluding carboxylic acids is 1. The fourth-order valence-electron chi connectivity index (χ4n) is 1.76. The predicted molar refractivity (Wildman–Crippen MR) is 84.0 cm³/mol. The summed E-state index contributed by atoms with van der Waals surface area (Å²) >= 11 is 2.22. The Morgan fingerprint density at radius 1 is 1.11 bits per heavy atom. The molecule has 2 aromatic rings. The van der Waals surface area contributed by atoms with E-state index < -0.39 is 6.10 Å². The molecule has 0 aliphatic carbocycles. The van der Waals surface area contributed by atoms with E-state index in [-0.39, 0.29) is 5.91 Å². The molecule has 1 N–H and O–H groups in total. The maximum absolute atomic E-state index is 12.2. The Balaban J connectivity index is 2.11. The topological polar surface area (TPSA) is 38.3 Å². The molecule has 0 spiro atoms. The van der Waals surface area contributed by atoms with Crippen LogP contribution in [0.2, 0.25) is 0 Å². The van der Waals surface area contributed by atoms with Gasteiger partial charge < -0.3 is 10.1 Å². The monoisotopic (exact) mass is 367 g/mol. The highest BCUT2D eigenvalue weighted by atomic mass is 127. The van der Waals surface area contributed by atoms with Gasteiger partial charge >= 0.3 is 0 Å². The zero-order valence-corrected chi connectivity index (χ0v) is 12.6. The summed E-state index contributed by atoms with van der Waals surface area (Å²) in [7, 11) is 1.53. The second-order valence-electron chi connectivity index (χ2n) is 4.02. The quantitative estimate of drug-likeness (QED) is 0.839. The molecule has 1 atom stereocenters. The van der Waals surface area contributed by atoms with Crippen LogP contribution >= 0.6 is 22.6 Å². The third kappa shape index (κ3) is 3.78. The summed E-state index contributed by atoms with van der Waals surface area (Å²) in [5.74, 6) is -0.171. The minimum absolute atomic E-state index is 0.171. The standard InChI is InChI=1S/C15H14INO2/c1-19-14(11-5-3-2-4-6-11)15(18)17-13-9-7-12(16)8-10-13/h2-10,14H,1H3,(H,17,18). The zero-order valence-electron chi connectivity index (χ0n) is 10.5. The van der Waals surface area contributed by atoms with Crippen LogP contribution in [0.4, 0.5) is 5.69 Å². The summed E-state index contributed by atoms with van der Waals surface area (Å²) in [6.45, 7) is 0. The fourth-order valence-corrected chi connectivity index (χ4v) is 2.12. The van der Waals surface area contributed by atoms with E-state index in [4.69, 9.17) is 4.74 Å². The third-order valence-electron chi connectivity index (χ3n) is 2.69. The van der Waals surface area contributed by atoms with Crippen LogP contribution in [-0.4, -0.2) is 13.0 Å². The Morgan fingerprint density at radius 3 is 2.32 bits per heavy atom. The van der Waals surface area contributed by atoms with E-state index in [2.05, 4.69) is 27.9 Å². The van der Waals surface area contributed by atoms with E-state index in [1.54, 1.807) is 0 Å². The highest BCUT2D eigenvalue weighted by molar-refractivity contribution is 14.1. The van der Waals surface area contributed by atoms with Crippen LogP contribution in [0.3, 0.4) is 0 Å². The number of carbonyl (C=O) groups is 1. The van der Waals surface area contributed by atoms with E-state index in [9.17, 15) is 4.79 Å². The van der Waals surface area contributed by atoms with Crippen LogP contribution in [0.25, 0.3) is 0 Å². The molecular weight excluding hydrogens is 353 g/mol. The first-order valence-electron chi connectivity index (χ1n) is 5.85. The minimum atomic E-state index is -0.597. The van der Waals surface area contributed by atoms with Crippen molar-refractivity contribution in [2.24, 2.45) is 0 Å². The minimum Gasteiger partial charge on any atom is -0.367 e. The van der Waals surface area contributed by atoms with E-state index in [0.717, 1.165) is 14.8 Å². The molecule has 4 heteroatoms. The molecule has 0 fully saturated rings. The summed E-state index contributed by atoms with van der Waals surface area (Å²) in [6, 6.07) is 17.1. The fraction of sp³-hybridized carbons (Fsp3) is 0.133. The van der Waals surface area contributed by atoms with E-state index in [1.807, 2.05) is 54.6 Å². The Bertz CT molecular complexity index is 540. The van der Waals surface area contributed by atoms with Gasteiger partial charge in [-0.15, -0.1) is 0 Å². The van der Waals surface area contributed by atoms with Crippen LogP contribution in [0, 0.1) is 3.57 Å². The SMILES string of the molecule is COC(C(=O)Nc1ccc(I)cc1)c1ccccc1. The normalized spacial score (nSPS) is 11.9. The molecule has 1 unspecified atom stereocenters. The van der Waals surface area contributed by atoms with Crippen LogP contribution < -0.4 is 5.32 Å². The molecule has 0 bridgehead atoms. The van der Waals surface area contributed by atoms with E-state index in [1.165, 1.54) is 7.11 Å². The number of hydrogen-bond donors (Lipinski definition) is 1. The molecule has 0 radical (unpaired) electrons. The second kappa shape index (κ2) is 6.68. The summed E-state index contributed by atoms with van der Waals surface area (Å²) in [5, 5.41) is 2.85. The molecule has 0 aliphatic rings. The van der Waals surface area contributed by atoms with Gasteiger partial charge in [-0.25, -0.2) is 0 Å². The molecule has 0 saturated heterocycles. The van der Waals surface area contributed by atoms with Crippen molar-refractivity contribution >= 4 is 34.2 Å². The lowest BCUT2D eigenvalue weighted by Gasteiger charge is -2.15. The molecule has 3 nitrogen and oxygen atoms in total. The van der Waals surface area contributed by atoms with Gasteiger partial charge in [0.25, 0.3) is 5.91 Å². The van der Waals surface area contributed by atoms with Crippen molar-refractivity contribution in [1.29, 1.82) is 0 Å². The number of ether oxygens (including phenoxy) is 1. The molecule has 2 aromatic carbocycles. The number of nitrogens with one attached hydrogen (secondary N) is 1. The van der Waals surface area contributed by atoms with Gasteiger partial charge in [0.1, 0.15) is 0 Å². The Labute approximate surface area is 126 Å². The first-order valence-corrected chi connectivity index (χ1v) is 6.93. The number of halogens is 1. The molecule has 19 heavy (non-hydrogen) atoms. The van der Waals surface area contributed by atoms with Gasteiger partial charge in [-0.2, -0.15) is 0 Å². The van der Waals surface area contributed by atoms with E-state index in [0.29, 0.717) is 0 Å². The molecule has 0 aliphatic heterocycles. The van der Waals surface area contributed by atoms with Gasteiger partial charge in [0, 0.05) is 16.4 Å². The van der Waals surface area contributed by atoms with Crippen molar-refractivity contribution in [3.63, 3.8) is 0 Å². The Hall–Kier alpha value is -1.40. The van der Waals surface area contributed by atoms with Crippen LogP contribution in [0.5, 0.6) is 0 Å². The summed E-state index contributed by atoms with van der Waals surface area (Å²) in [5.41, 5.74) is 1.61. The van der Waals surface area contributed by atoms with Crippen LogP contribution in [-0.2, 0) is 9.53 Å². The predicted octanol–water partition coefficient (Wildman–Crippen LogP) is 3.62. The molecule has 0 saturated carbocycles.